The van der Waals surface area contributed by atoms with Crippen molar-refractivity contribution in [3.63, 3.8) is 0 Å². The van der Waals surface area contributed by atoms with Gasteiger partial charge in [0.05, 0.1) is 13.2 Å². The van der Waals surface area contributed by atoms with Gasteiger partial charge in [0.25, 0.3) is 0 Å². The summed E-state index contributed by atoms with van der Waals surface area (Å²) in [6.07, 6.45) is 13.4. The second-order valence-electron chi connectivity index (χ2n) is 9.42. The molecule has 2 heteroatoms. The minimum atomic E-state index is -0.662. The average molecular weight is 473 g/mol. The van der Waals surface area contributed by atoms with Crippen molar-refractivity contribution in [1.29, 1.82) is 0 Å². The van der Waals surface area contributed by atoms with Gasteiger partial charge in [-0.25, -0.2) is 0 Å². The zero-order chi connectivity index (χ0) is 24.4. The monoisotopic (exact) mass is 472 g/mol. The molecule has 0 spiro atoms. The highest BCUT2D eigenvalue weighted by Gasteiger charge is 2.37. The Morgan fingerprint density at radius 1 is 0.457 bits per heavy atom. The van der Waals surface area contributed by atoms with Gasteiger partial charge in [0.15, 0.2) is 0 Å². The molecule has 0 aliphatic heterocycles. The Balaban J connectivity index is 1.49. The van der Waals surface area contributed by atoms with Crippen molar-refractivity contribution in [2.45, 2.75) is 76.7 Å². The van der Waals surface area contributed by atoms with E-state index in [9.17, 15) is 0 Å². The number of ether oxygens (including phenoxy) is 2. The highest BCUT2D eigenvalue weighted by Crippen LogP contribution is 2.40. The largest absolute Gasteiger partial charge is 0.379 e. The van der Waals surface area contributed by atoms with Gasteiger partial charge in [0.2, 0.25) is 0 Å². The van der Waals surface area contributed by atoms with E-state index >= 15 is 0 Å². The van der Waals surface area contributed by atoms with E-state index < -0.39 is 5.60 Å². The fourth-order valence-electron chi connectivity index (χ4n) is 4.82. The molecule has 0 saturated heterocycles. The summed E-state index contributed by atoms with van der Waals surface area (Å²) in [4.78, 5) is 0. The molecule has 188 valence electrons. The van der Waals surface area contributed by atoms with Gasteiger partial charge < -0.3 is 9.47 Å². The van der Waals surface area contributed by atoms with E-state index in [4.69, 9.17) is 9.47 Å². The first-order valence-corrected chi connectivity index (χ1v) is 13.8. The predicted octanol–water partition coefficient (Wildman–Crippen LogP) is 8.93. The molecule has 0 saturated carbocycles. The molecule has 3 rings (SSSR count). The van der Waals surface area contributed by atoms with Crippen molar-refractivity contribution in [1.82, 2.24) is 0 Å². The van der Waals surface area contributed by atoms with Crippen LogP contribution in [0.5, 0.6) is 0 Å². The van der Waals surface area contributed by atoms with Gasteiger partial charge in [-0.3, -0.25) is 0 Å². The van der Waals surface area contributed by atoms with Crippen LogP contribution in [0.3, 0.4) is 0 Å². The molecule has 0 radical (unpaired) electrons. The SMILES string of the molecule is CCCCCCCCCCCCOCCOC(c1ccccc1)(c1ccccc1)c1ccccc1. The van der Waals surface area contributed by atoms with Gasteiger partial charge in [-0.05, 0) is 23.1 Å². The molecule has 0 N–H and O–H groups in total. The molecule has 2 nitrogen and oxygen atoms in total. The molecule has 0 atom stereocenters. The topological polar surface area (TPSA) is 18.5 Å². The van der Waals surface area contributed by atoms with E-state index in [2.05, 4.69) is 97.9 Å². The Morgan fingerprint density at radius 2 is 0.857 bits per heavy atom. The average Bonchev–Trinajstić information content (AvgIpc) is 2.93. The summed E-state index contributed by atoms with van der Waals surface area (Å²) >= 11 is 0. The molecule has 3 aromatic rings. The van der Waals surface area contributed by atoms with Crippen LogP contribution >= 0.6 is 0 Å². The Labute approximate surface area is 213 Å². The minimum Gasteiger partial charge on any atom is -0.379 e. The van der Waals surface area contributed by atoms with E-state index in [-0.39, 0.29) is 0 Å². The normalized spacial score (nSPS) is 11.6. The Bertz CT molecular complexity index is 795. The summed E-state index contributed by atoms with van der Waals surface area (Å²) in [5.41, 5.74) is 2.73. The van der Waals surface area contributed by atoms with Crippen LogP contribution < -0.4 is 0 Å². The fourth-order valence-corrected chi connectivity index (χ4v) is 4.82. The molecule has 0 aromatic heterocycles. The van der Waals surface area contributed by atoms with E-state index in [0.717, 1.165) is 29.7 Å². The van der Waals surface area contributed by atoms with Crippen LogP contribution in [0.1, 0.15) is 87.8 Å². The third-order valence-corrected chi connectivity index (χ3v) is 6.73. The smallest absolute Gasteiger partial charge is 0.143 e. The third-order valence-electron chi connectivity index (χ3n) is 6.73. The van der Waals surface area contributed by atoms with Gasteiger partial charge in [0, 0.05) is 6.61 Å². The Morgan fingerprint density at radius 3 is 1.29 bits per heavy atom. The molecule has 0 unspecified atom stereocenters. The standard InChI is InChI=1S/C33H44O2/c1-2-3-4-5-6-7-8-9-10-20-27-34-28-29-35-33(30-21-14-11-15-22-30,31-23-16-12-17-24-31)32-25-18-13-19-26-32/h11-19,21-26H,2-10,20,27-29H2,1H3. The summed E-state index contributed by atoms with van der Waals surface area (Å²) in [6.45, 7) is 4.23. The van der Waals surface area contributed by atoms with Crippen LogP contribution in [-0.2, 0) is 15.1 Å². The molecule has 3 aromatic carbocycles. The minimum absolute atomic E-state index is 0.538. The quantitative estimate of drug-likeness (QED) is 0.136. The van der Waals surface area contributed by atoms with Crippen molar-refractivity contribution in [3.8, 4) is 0 Å². The number of unbranched alkanes of at least 4 members (excludes halogenated alkanes) is 9. The van der Waals surface area contributed by atoms with Crippen molar-refractivity contribution >= 4 is 0 Å². The van der Waals surface area contributed by atoms with Crippen LogP contribution in [0.4, 0.5) is 0 Å². The van der Waals surface area contributed by atoms with Crippen molar-refractivity contribution in [2.75, 3.05) is 19.8 Å². The van der Waals surface area contributed by atoms with Gasteiger partial charge in [-0.15, -0.1) is 0 Å². The number of benzene rings is 3. The second kappa shape index (κ2) is 16.3. The summed E-state index contributed by atoms with van der Waals surface area (Å²) < 4.78 is 12.7. The highest BCUT2D eigenvalue weighted by atomic mass is 16.5. The van der Waals surface area contributed by atoms with Crippen LogP contribution in [0.25, 0.3) is 0 Å². The van der Waals surface area contributed by atoms with Crippen LogP contribution in [0, 0.1) is 0 Å². The Kier molecular flexibility index (Phi) is 12.6. The number of rotatable bonds is 18. The zero-order valence-corrected chi connectivity index (χ0v) is 21.7. The summed E-state index contributed by atoms with van der Waals surface area (Å²) in [7, 11) is 0. The lowest BCUT2D eigenvalue weighted by Crippen LogP contribution is -2.34. The molecule has 0 fully saturated rings. The molecular formula is C33H44O2. The van der Waals surface area contributed by atoms with Crippen LogP contribution in [0.15, 0.2) is 91.0 Å². The molecule has 0 amide bonds. The Hall–Kier alpha value is -2.42. The molecule has 0 bridgehead atoms. The zero-order valence-electron chi connectivity index (χ0n) is 21.7. The van der Waals surface area contributed by atoms with E-state index in [1.807, 2.05) is 0 Å². The fraction of sp³-hybridized carbons (Fsp3) is 0.455. The maximum Gasteiger partial charge on any atom is 0.143 e. The number of hydrogen-bond acceptors (Lipinski definition) is 2. The molecule has 0 heterocycles. The summed E-state index contributed by atoms with van der Waals surface area (Å²) in [5.74, 6) is 0. The van der Waals surface area contributed by atoms with Gasteiger partial charge in [-0.2, -0.15) is 0 Å². The lowest BCUT2D eigenvalue weighted by Gasteiger charge is -2.36. The molecule has 35 heavy (non-hydrogen) atoms. The van der Waals surface area contributed by atoms with Gasteiger partial charge in [0.1, 0.15) is 5.60 Å². The van der Waals surface area contributed by atoms with E-state index in [1.165, 1.54) is 57.8 Å². The van der Waals surface area contributed by atoms with Crippen molar-refractivity contribution in [3.05, 3.63) is 108 Å². The van der Waals surface area contributed by atoms with Crippen molar-refractivity contribution in [2.24, 2.45) is 0 Å². The molecule has 0 aliphatic rings. The summed E-state index contributed by atoms with van der Waals surface area (Å²) in [5, 5.41) is 0. The first-order chi connectivity index (χ1) is 17.4. The first-order valence-electron chi connectivity index (χ1n) is 13.8. The third kappa shape index (κ3) is 8.63. The predicted molar refractivity (Wildman–Crippen MR) is 148 cm³/mol. The highest BCUT2D eigenvalue weighted by molar-refractivity contribution is 5.47. The van der Waals surface area contributed by atoms with Gasteiger partial charge >= 0.3 is 0 Å². The maximum absolute atomic E-state index is 6.76. The van der Waals surface area contributed by atoms with Gasteiger partial charge in [-0.1, -0.05) is 156 Å². The second-order valence-corrected chi connectivity index (χ2v) is 9.42. The first kappa shape index (κ1) is 27.2. The van der Waals surface area contributed by atoms with Crippen LogP contribution in [0.2, 0.25) is 0 Å². The lowest BCUT2D eigenvalue weighted by molar-refractivity contribution is -0.0242. The van der Waals surface area contributed by atoms with E-state index in [1.54, 1.807) is 0 Å². The number of hydrogen-bond donors (Lipinski definition) is 0. The van der Waals surface area contributed by atoms with Crippen LogP contribution in [-0.4, -0.2) is 19.8 Å². The van der Waals surface area contributed by atoms with Crippen molar-refractivity contribution < 1.29 is 9.47 Å². The molecule has 0 aliphatic carbocycles. The summed E-state index contributed by atoms with van der Waals surface area (Å²) in [6, 6.07) is 31.6. The lowest BCUT2D eigenvalue weighted by atomic mass is 9.80. The maximum atomic E-state index is 6.76. The molecular weight excluding hydrogens is 428 g/mol. The van der Waals surface area contributed by atoms with E-state index in [0.29, 0.717) is 13.2 Å².